The average molecular weight is 240 g/mol. The quantitative estimate of drug-likeness (QED) is 0.726. The Hall–Kier alpha value is -1.92. The molecule has 0 atom stereocenters. The van der Waals surface area contributed by atoms with Crippen molar-refractivity contribution < 1.29 is 14.3 Å². The van der Waals surface area contributed by atoms with Gasteiger partial charge >= 0.3 is 5.97 Å². The molecule has 0 aliphatic heterocycles. The number of nitrogens with zero attached hydrogens (tertiary/aromatic N) is 3. The van der Waals surface area contributed by atoms with Crippen LogP contribution in [0.25, 0.3) is 0 Å². The Bertz CT molecular complexity index is 414. The molecule has 0 spiro atoms. The SMILES string of the molecule is CCNC(=O)Cn1nnc(C(=O)OCC)c1C. The summed E-state index contributed by atoms with van der Waals surface area (Å²) in [5, 5.41) is 10.1. The van der Waals surface area contributed by atoms with Crippen molar-refractivity contribution in [2.24, 2.45) is 0 Å². The molecule has 7 nitrogen and oxygen atoms in total. The van der Waals surface area contributed by atoms with Gasteiger partial charge in [0, 0.05) is 6.54 Å². The second kappa shape index (κ2) is 5.97. The third-order valence-corrected chi connectivity index (χ3v) is 2.12. The van der Waals surface area contributed by atoms with Gasteiger partial charge in [0.05, 0.1) is 12.3 Å². The molecule has 1 heterocycles. The van der Waals surface area contributed by atoms with Crippen LogP contribution >= 0.6 is 0 Å². The van der Waals surface area contributed by atoms with Crippen LogP contribution in [0, 0.1) is 6.92 Å². The van der Waals surface area contributed by atoms with Gasteiger partial charge in [-0.15, -0.1) is 5.10 Å². The fourth-order valence-electron chi connectivity index (χ4n) is 1.29. The molecule has 1 amide bonds. The van der Waals surface area contributed by atoms with Crippen molar-refractivity contribution in [3.8, 4) is 0 Å². The number of carbonyl (C=O) groups excluding carboxylic acids is 2. The highest BCUT2D eigenvalue weighted by molar-refractivity contribution is 5.88. The zero-order valence-electron chi connectivity index (χ0n) is 10.2. The molecule has 0 saturated heterocycles. The van der Waals surface area contributed by atoms with Crippen LogP contribution in [0.5, 0.6) is 0 Å². The van der Waals surface area contributed by atoms with Crippen molar-refractivity contribution in [2.75, 3.05) is 13.2 Å². The maximum Gasteiger partial charge on any atom is 0.360 e. The van der Waals surface area contributed by atoms with Crippen molar-refractivity contribution in [3.63, 3.8) is 0 Å². The lowest BCUT2D eigenvalue weighted by atomic mass is 10.3. The third-order valence-electron chi connectivity index (χ3n) is 2.12. The number of carbonyl (C=O) groups is 2. The zero-order valence-corrected chi connectivity index (χ0v) is 10.2. The number of aromatic nitrogens is 3. The molecule has 7 heteroatoms. The maximum atomic E-state index is 11.5. The monoisotopic (exact) mass is 240 g/mol. The summed E-state index contributed by atoms with van der Waals surface area (Å²) in [5.74, 6) is -0.692. The fraction of sp³-hybridized carbons (Fsp3) is 0.600. The Kier molecular flexibility index (Phi) is 4.62. The van der Waals surface area contributed by atoms with Gasteiger partial charge in [-0.2, -0.15) is 0 Å². The number of nitrogens with one attached hydrogen (secondary N) is 1. The molecule has 1 aromatic heterocycles. The Morgan fingerprint density at radius 3 is 2.71 bits per heavy atom. The molecule has 1 aromatic rings. The minimum Gasteiger partial charge on any atom is -0.461 e. The molecule has 0 aliphatic carbocycles. The largest absolute Gasteiger partial charge is 0.461 e. The van der Waals surface area contributed by atoms with E-state index in [0.29, 0.717) is 12.2 Å². The van der Waals surface area contributed by atoms with E-state index >= 15 is 0 Å². The van der Waals surface area contributed by atoms with E-state index in [1.54, 1.807) is 13.8 Å². The molecular weight excluding hydrogens is 224 g/mol. The smallest absolute Gasteiger partial charge is 0.360 e. The molecule has 0 saturated carbocycles. The molecule has 0 unspecified atom stereocenters. The van der Waals surface area contributed by atoms with Crippen molar-refractivity contribution in [2.45, 2.75) is 27.3 Å². The first-order valence-electron chi connectivity index (χ1n) is 5.44. The van der Waals surface area contributed by atoms with E-state index in [0.717, 1.165) is 0 Å². The lowest BCUT2D eigenvalue weighted by Crippen LogP contribution is -2.28. The first-order chi connectivity index (χ1) is 8.10. The van der Waals surface area contributed by atoms with E-state index in [2.05, 4.69) is 15.6 Å². The molecule has 0 fully saturated rings. The van der Waals surface area contributed by atoms with E-state index in [1.807, 2.05) is 6.92 Å². The van der Waals surface area contributed by atoms with E-state index in [-0.39, 0.29) is 24.8 Å². The lowest BCUT2D eigenvalue weighted by Gasteiger charge is -2.03. The molecular formula is C10H16N4O3. The van der Waals surface area contributed by atoms with Crippen molar-refractivity contribution in [3.05, 3.63) is 11.4 Å². The summed E-state index contributed by atoms with van der Waals surface area (Å²) in [6, 6.07) is 0. The maximum absolute atomic E-state index is 11.5. The van der Waals surface area contributed by atoms with Gasteiger partial charge < -0.3 is 10.1 Å². The summed E-state index contributed by atoms with van der Waals surface area (Å²) in [5.41, 5.74) is 0.672. The van der Waals surface area contributed by atoms with Gasteiger partial charge in [-0.25, -0.2) is 9.48 Å². The van der Waals surface area contributed by atoms with Crippen LogP contribution in [0.15, 0.2) is 0 Å². The van der Waals surface area contributed by atoms with Gasteiger partial charge in [0.1, 0.15) is 6.54 Å². The van der Waals surface area contributed by atoms with Crippen LogP contribution < -0.4 is 5.32 Å². The van der Waals surface area contributed by atoms with Gasteiger partial charge in [0.25, 0.3) is 0 Å². The van der Waals surface area contributed by atoms with Gasteiger partial charge in [0.2, 0.25) is 5.91 Å². The van der Waals surface area contributed by atoms with Crippen LogP contribution in [0.4, 0.5) is 0 Å². The summed E-state index contributed by atoms with van der Waals surface area (Å²) in [6.45, 7) is 6.10. The topological polar surface area (TPSA) is 86.1 Å². The Balaban J connectivity index is 2.77. The number of hydrogen-bond acceptors (Lipinski definition) is 5. The fourth-order valence-corrected chi connectivity index (χ4v) is 1.29. The second-order valence-electron chi connectivity index (χ2n) is 3.36. The number of amides is 1. The van der Waals surface area contributed by atoms with E-state index in [1.165, 1.54) is 4.68 Å². The minimum absolute atomic E-state index is 0.0477. The Morgan fingerprint density at radius 1 is 1.41 bits per heavy atom. The van der Waals surface area contributed by atoms with Crippen LogP contribution in [0.2, 0.25) is 0 Å². The zero-order chi connectivity index (χ0) is 12.8. The van der Waals surface area contributed by atoms with Crippen LogP contribution in [-0.4, -0.2) is 40.0 Å². The predicted octanol–water partition coefficient (Wildman–Crippen LogP) is -0.101. The highest BCUT2D eigenvalue weighted by Gasteiger charge is 2.18. The molecule has 94 valence electrons. The highest BCUT2D eigenvalue weighted by Crippen LogP contribution is 2.05. The molecule has 1 N–H and O–H groups in total. The van der Waals surface area contributed by atoms with Crippen molar-refractivity contribution in [1.82, 2.24) is 20.3 Å². The van der Waals surface area contributed by atoms with Gasteiger partial charge in [0.15, 0.2) is 5.69 Å². The average Bonchev–Trinajstić information content (AvgIpc) is 2.61. The van der Waals surface area contributed by atoms with Crippen LogP contribution in [0.3, 0.4) is 0 Å². The second-order valence-corrected chi connectivity index (χ2v) is 3.36. The van der Waals surface area contributed by atoms with Crippen molar-refractivity contribution in [1.29, 1.82) is 0 Å². The Labute approximate surface area is 99.1 Å². The summed E-state index contributed by atoms with van der Waals surface area (Å²) in [6.07, 6.45) is 0. The molecule has 0 radical (unpaired) electrons. The first-order valence-corrected chi connectivity index (χ1v) is 5.44. The number of hydrogen-bond donors (Lipinski definition) is 1. The number of likely N-dealkylation sites (N-methyl/N-ethyl adjacent to an activating group) is 1. The Morgan fingerprint density at radius 2 is 2.12 bits per heavy atom. The minimum atomic E-state index is -0.521. The van der Waals surface area contributed by atoms with E-state index in [9.17, 15) is 9.59 Å². The molecule has 0 aromatic carbocycles. The van der Waals surface area contributed by atoms with Gasteiger partial charge in [-0.1, -0.05) is 5.21 Å². The van der Waals surface area contributed by atoms with E-state index in [4.69, 9.17) is 4.74 Å². The standard InChI is InChI=1S/C10H16N4O3/c1-4-11-8(15)6-14-7(3)9(12-13-14)10(16)17-5-2/h4-6H2,1-3H3,(H,11,15). The first kappa shape index (κ1) is 13.1. The third kappa shape index (κ3) is 3.27. The summed E-state index contributed by atoms with van der Waals surface area (Å²) in [7, 11) is 0. The number of rotatable bonds is 5. The van der Waals surface area contributed by atoms with Gasteiger partial charge in [-0.3, -0.25) is 4.79 Å². The number of ether oxygens (including phenoxy) is 1. The van der Waals surface area contributed by atoms with Gasteiger partial charge in [-0.05, 0) is 20.8 Å². The predicted molar refractivity (Wildman–Crippen MR) is 59.4 cm³/mol. The lowest BCUT2D eigenvalue weighted by molar-refractivity contribution is -0.121. The molecule has 0 bridgehead atoms. The molecule has 17 heavy (non-hydrogen) atoms. The molecule has 0 aliphatic rings. The van der Waals surface area contributed by atoms with Crippen LogP contribution in [0.1, 0.15) is 30.0 Å². The van der Waals surface area contributed by atoms with E-state index < -0.39 is 5.97 Å². The summed E-state index contributed by atoms with van der Waals surface area (Å²) >= 11 is 0. The summed E-state index contributed by atoms with van der Waals surface area (Å²) < 4.78 is 6.19. The molecule has 1 rings (SSSR count). The highest BCUT2D eigenvalue weighted by atomic mass is 16.5. The van der Waals surface area contributed by atoms with Crippen molar-refractivity contribution >= 4 is 11.9 Å². The summed E-state index contributed by atoms with van der Waals surface area (Å²) in [4.78, 5) is 22.8. The normalized spacial score (nSPS) is 10.1. The number of esters is 1. The van der Waals surface area contributed by atoms with Crippen LogP contribution in [-0.2, 0) is 16.1 Å².